The number of hydrogen-bond acceptors (Lipinski definition) is 7. The Morgan fingerprint density at radius 1 is 1.12 bits per heavy atom. The first-order chi connectivity index (χ1) is 15.9. The molecule has 0 radical (unpaired) electrons. The Balaban J connectivity index is 1.35. The van der Waals surface area contributed by atoms with E-state index in [2.05, 4.69) is 25.4 Å². The second kappa shape index (κ2) is 8.55. The topological polar surface area (TPSA) is 96.2 Å². The van der Waals surface area contributed by atoms with Crippen LogP contribution in [0.4, 0.5) is 10.2 Å². The van der Waals surface area contributed by atoms with E-state index in [4.69, 9.17) is 0 Å². The van der Waals surface area contributed by atoms with Gasteiger partial charge in [-0.2, -0.15) is 4.39 Å². The lowest BCUT2D eigenvalue weighted by atomic mass is 9.83. The van der Waals surface area contributed by atoms with Gasteiger partial charge in [-0.3, -0.25) is 9.36 Å². The third-order valence-corrected chi connectivity index (χ3v) is 6.92. The number of halogens is 1. The van der Waals surface area contributed by atoms with Crippen LogP contribution in [-0.4, -0.2) is 50.0 Å². The van der Waals surface area contributed by atoms with Crippen LogP contribution in [0.25, 0.3) is 22.5 Å². The summed E-state index contributed by atoms with van der Waals surface area (Å²) in [5.41, 5.74) is 0.869. The maximum atomic E-state index is 13.9. The number of fused-ring (bicyclic) bond motifs is 2. The van der Waals surface area contributed by atoms with Crippen molar-refractivity contribution in [2.45, 2.75) is 50.2 Å². The highest BCUT2D eigenvalue weighted by atomic mass is 19.1. The van der Waals surface area contributed by atoms with Crippen molar-refractivity contribution in [2.75, 3.05) is 11.9 Å². The standard InChI is InChI=1S/C24H27FN6O2/c1-30(18-11-16-4-3-5-17(12-18)27-16)22-13-26-24(29-28-22)19-7-6-14(8-20(19)32)15-9-21(25)31(2)23(33)10-15/h6-10,13,16-18,27,32H,3-5,11-12H2,1-2H3/t16-,17+,18?. The van der Waals surface area contributed by atoms with Gasteiger partial charge in [-0.15, -0.1) is 10.2 Å². The van der Waals surface area contributed by atoms with E-state index >= 15 is 0 Å². The summed E-state index contributed by atoms with van der Waals surface area (Å²) in [5.74, 6) is 0.289. The molecule has 8 nitrogen and oxygen atoms in total. The number of aromatic nitrogens is 4. The fraction of sp³-hybridized carbons (Fsp3) is 0.417. The first-order valence-electron chi connectivity index (χ1n) is 11.3. The smallest absolute Gasteiger partial charge is 0.253 e. The molecule has 3 aromatic rings. The average molecular weight is 451 g/mol. The lowest BCUT2D eigenvalue weighted by Crippen LogP contribution is -2.54. The minimum Gasteiger partial charge on any atom is -0.507 e. The Kier molecular flexibility index (Phi) is 5.57. The third-order valence-electron chi connectivity index (χ3n) is 6.92. The van der Waals surface area contributed by atoms with E-state index in [1.807, 2.05) is 7.05 Å². The number of phenols is 1. The van der Waals surface area contributed by atoms with Crippen LogP contribution in [0.15, 0.2) is 41.3 Å². The molecule has 3 atom stereocenters. The first-order valence-corrected chi connectivity index (χ1v) is 11.3. The van der Waals surface area contributed by atoms with Gasteiger partial charge in [0.2, 0.25) is 0 Å². The zero-order valence-electron chi connectivity index (χ0n) is 18.7. The van der Waals surface area contributed by atoms with Gasteiger partial charge in [-0.05, 0) is 55.0 Å². The monoisotopic (exact) mass is 450 g/mol. The molecule has 0 saturated carbocycles. The van der Waals surface area contributed by atoms with Crippen molar-refractivity contribution < 1.29 is 9.50 Å². The molecule has 1 unspecified atom stereocenters. The van der Waals surface area contributed by atoms with E-state index in [1.165, 1.54) is 44.5 Å². The SMILES string of the molecule is CN(c1cnc(-c2ccc(-c3cc(F)n(C)c(=O)c3)cc2O)nn1)C1C[C@H]2CCC[C@@H](C1)N2. The van der Waals surface area contributed by atoms with Gasteiger partial charge in [-0.1, -0.05) is 12.5 Å². The zero-order chi connectivity index (χ0) is 23.1. The largest absolute Gasteiger partial charge is 0.507 e. The maximum absolute atomic E-state index is 13.9. The number of benzene rings is 1. The van der Waals surface area contributed by atoms with Crippen LogP contribution in [0.2, 0.25) is 0 Å². The Morgan fingerprint density at radius 3 is 2.52 bits per heavy atom. The normalized spacial score (nSPS) is 22.2. The van der Waals surface area contributed by atoms with Crippen molar-refractivity contribution in [3.05, 3.63) is 52.8 Å². The molecule has 4 heterocycles. The van der Waals surface area contributed by atoms with Crippen LogP contribution in [0.1, 0.15) is 32.1 Å². The number of aromatic hydroxyl groups is 1. The van der Waals surface area contributed by atoms with Crippen molar-refractivity contribution in [2.24, 2.45) is 7.05 Å². The van der Waals surface area contributed by atoms with Crippen molar-refractivity contribution >= 4 is 5.82 Å². The van der Waals surface area contributed by atoms with Gasteiger partial charge >= 0.3 is 0 Å². The predicted octanol–water partition coefficient (Wildman–Crippen LogP) is 2.86. The van der Waals surface area contributed by atoms with E-state index in [0.717, 1.165) is 17.4 Å². The molecule has 2 aromatic heterocycles. The van der Waals surface area contributed by atoms with Crippen LogP contribution in [0.3, 0.4) is 0 Å². The molecule has 0 aliphatic carbocycles. The van der Waals surface area contributed by atoms with Crippen molar-refractivity contribution in [1.29, 1.82) is 0 Å². The zero-order valence-corrected chi connectivity index (χ0v) is 18.7. The molecule has 2 aliphatic heterocycles. The van der Waals surface area contributed by atoms with E-state index in [-0.39, 0.29) is 5.75 Å². The van der Waals surface area contributed by atoms with Gasteiger partial charge in [-0.25, -0.2) is 4.98 Å². The Bertz CT molecular complexity index is 1220. The number of nitrogens with one attached hydrogen (secondary N) is 1. The fourth-order valence-corrected chi connectivity index (χ4v) is 4.96. The highest BCUT2D eigenvalue weighted by Crippen LogP contribution is 2.32. The number of piperidine rings is 2. The van der Waals surface area contributed by atoms with Gasteiger partial charge in [0.1, 0.15) is 5.75 Å². The summed E-state index contributed by atoms with van der Waals surface area (Å²) in [6.07, 6.45) is 7.60. The van der Waals surface area contributed by atoms with Crippen LogP contribution in [0, 0.1) is 5.95 Å². The molecule has 2 aliphatic rings. The summed E-state index contributed by atoms with van der Waals surface area (Å²) in [5, 5.41) is 22.9. The second-order valence-corrected chi connectivity index (χ2v) is 9.06. The predicted molar refractivity (Wildman–Crippen MR) is 124 cm³/mol. The summed E-state index contributed by atoms with van der Waals surface area (Å²) < 4.78 is 14.9. The minimum absolute atomic E-state index is 0.0670. The van der Waals surface area contributed by atoms with Crippen LogP contribution >= 0.6 is 0 Å². The number of nitrogens with zero attached hydrogens (tertiary/aromatic N) is 5. The molecule has 2 fully saturated rings. The molecule has 0 spiro atoms. The molecule has 2 N–H and O–H groups in total. The lowest BCUT2D eigenvalue weighted by molar-refractivity contribution is 0.219. The highest BCUT2D eigenvalue weighted by molar-refractivity contribution is 5.72. The number of pyridine rings is 1. The van der Waals surface area contributed by atoms with Crippen molar-refractivity contribution in [3.63, 3.8) is 0 Å². The van der Waals surface area contributed by atoms with Gasteiger partial charge < -0.3 is 15.3 Å². The van der Waals surface area contributed by atoms with Crippen LogP contribution < -0.4 is 15.8 Å². The van der Waals surface area contributed by atoms with E-state index in [9.17, 15) is 14.3 Å². The fourth-order valence-electron chi connectivity index (χ4n) is 4.96. The number of hydrogen-bond donors (Lipinski definition) is 2. The molecule has 33 heavy (non-hydrogen) atoms. The van der Waals surface area contributed by atoms with Gasteiger partial charge in [0, 0.05) is 38.3 Å². The van der Waals surface area contributed by atoms with Gasteiger partial charge in [0.05, 0.1) is 11.8 Å². The van der Waals surface area contributed by atoms with E-state index in [1.54, 1.807) is 18.3 Å². The number of phenolic OH excluding ortho intramolecular Hbond substituents is 1. The summed E-state index contributed by atoms with van der Waals surface area (Å²) in [6.45, 7) is 0. The number of rotatable bonds is 4. The van der Waals surface area contributed by atoms with Gasteiger partial charge in [0.15, 0.2) is 17.6 Å². The summed E-state index contributed by atoms with van der Waals surface area (Å²) >= 11 is 0. The highest BCUT2D eigenvalue weighted by Gasteiger charge is 2.33. The van der Waals surface area contributed by atoms with Crippen LogP contribution in [-0.2, 0) is 7.05 Å². The molecule has 9 heteroatoms. The lowest BCUT2D eigenvalue weighted by Gasteiger charge is -2.43. The summed E-state index contributed by atoms with van der Waals surface area (Å²) in [7, 11) is 3.40. The average Bonchev–Trinajstić information content (AvgIpc) is 2.81. The molecule has 172 valence electrons. The Labute approximate surface area is 191 Å². The first kappa shape index (κ1) is 21.5. The number of anilines is 1. The molecule has 0 amide bonds. The summed E-state index contributed by atoms with van der Waals surface area (Å²) in [4.78, 5) is 18.5. The van der Waals surface area contributed by atoms with E-state index in [0.29, 0.717) is 46.5 Å². The third kappa shape index (κ3) is 4.20. The van der Waals surface area contributed by atoms with Crippen molar-refractivity contribution in [1.82, 2.24) is 25.1 Å². The molecule has 2 bridgehead atoms. The molecule has 2 saturated heterocycles. The Morgan fingerprint density at radius 2 is 1.88 bits per heavy atom. The molecular weight excluding hydrogens is 423 g/mol. The van der Waals surface area contributed by atoms with Gasteiger partial charge in [0.25, 0.3) is 5.56 Å². The van der Waals surface area contributed by atoms with E-state index < -0.39 is 11.5 Å². The molecular formula is C24H27FN6O2. The second-order valence-electron chi connectivity index (χ2n) is 9.06. The molecule has 1 aromatic carbocycles. The molecule has 5 rings (SSSR count). The van der Waals surface area contributed by atoms with Crippen LogP contribution in [0.5, 0.6) is 5.75 Å². The quantitative estimate of drug-likeness (QED) is 0.590. The Hall–Kier alpha value is -3.33. The summed E-state index contributed by atoms with van der Waals surface area (Å²) in [6, 6.07) is 8.94. The van der Waals surface area contributed by atoms with Crippen molar-refractivity contribution in [3.8, 4) is 28.3 Å². The minimum atomic E-state index is -0.648. The maximum Gasteiger partial charge on any atom is 0.253 e.